The fourth-order valence-corrected chi connectivity index (χ4v) is 4.59. The number of anilines is 3. The van der Waals surface area contributed by atoms with Gasteiger partial charge in [0.15, 0.2) is 0 Å². The van der Waals surface area contributed by atoms with Gasteiger partial charge in [0.25, 0.3) is 5.91 Å². The van der Waals surface area contributed by atoms with Gasteiger partial charge in [-0.25, -0.2) is 4.79 Å². The van der Waals surface area contributed by atoms with Crippen molar-refractivity contribution < 1.29 is 14.3 Å². The maximum atomic E-state index is 13.9. The number of hydrogen-bond donors (Lipinski definition) is 0. The molecule has 0 aromatic heterocycles. The zero-order valence-electron chi connectivity index (χ0n) is 21.9. The second kappa shape index (κ2) is 11.3. The van der Waals surface area contributed by atoms with Crippen LogP contribution in [0.2, 0.25) is 5.02 Å². The van der Waals surface area contributed by atoms with Gasteiger partial charge in [-0.15, -0.1) is 0 Å². The fourth-order valence-electron chi connectivity index (χ4n) is 4.43. The summed E-state index contributed by atoms with van der Waals surface area (Å²) in [6.45, 7) is 7.29. The lowest BCUT2D eigenvalue weighted by Gasteiger charge is -2.28. The van der Waals surface area contributed by atoms with E-state index < -0.39 is 5.60 Å². The summed E-state index contributed by atoms with van der Waals surface area (Å²) in [5, 5.41) is 0.579. The number of para-hydroxylation sites is 2. The fraction of sp³-hybridized carbons (Fsp3) is 0.333. The molecule has 0 bridgehead atoms. The van der Waals surface area contributed by atoms with Crippen LogP contribution in [0.4, 0.5) is 21.9 Å². The molecule has 0 saturated carbocycles. The van der Waals surface area contributed by atoms with Crippen LogP contribution >= 0.6 is 11.6 Å². The molecule has 1 heterocycles. The number of hydrogen-bond acceptors (Lipinski definition) is 4. The highest BCUT2D eigenvalue weighted by Crippen LogP contribution is 2.42. The summed E-state index contributed by atoms with van der Waals surface area (Å²) in [5.74, 6) is -0.0601. The average molecular weight is 520 g/mol. The Balaban J connectivity index is 1.59. The van der Waals surface area contributed by atoms with E-state index in [-0.39, 0.29) is 12.0 Å². The molecule has 4 rings (SSSR count). The first kappa shape index (κ1) is 26.6. The lowest BCUT2D eigenvalue weighted by Crippen LogP contribution is -2.35. The van der Waals surface area contributed by atoms with E-state index in [2.05, 4.69) is 4.90 Å². The van der Waals surface area contributed by atoms with Crippen LogP contribution in [0.3, 0.4) is 0 Å². The van der Waals surface area contributed by atoms with E-state index in [1.807, 2.05) is 92.4 Å². The summed E-state index contributed by atoms with van der Waals surface area (Å²) in [5.41, 5.74) is 3.74. The number of carbonyl (C=O) groups excluding carboxylic acids is 2. The Morgan fingerprint density at radius 3 is 2.22 bits per heavy atom. The highest BCUT2D eigenvalue weighted by atomic mass is 35.5. The van der Waals surface area contributed by atoms with Gasteiger partial charge < -0.3 is 19.4 Å². The van der Waals surface area contributed by atoms with Crippen LogP contribution in [0.5, 0.6) is 0 Å². The van der Waals surface area contributed by atoms with Crippen molar-refractivity contribution in [2.24, 2.45) is 0 Å². The number of carbonyl (C=O) groups is 2. The summed E-state index contributed by atoms with van der Waals surface area (Å²) in [6, 6.07) is 23.4. The summed E-state index contributed by atoms with van der Waals surface area (Å²) in [4.78, 5) is 31.8. The number of benzene rings is 3. The molecule has 0 spiro atoms. The normalized spacial score (nSPS) is 13.1. The standard InChI is InChI=1S/C30H34ClN3O3/c1-30(2,3)37-29(36)32(4)18-10-11-19-33-25-14-8-9-15-26(25)34(21-22-12-6-5-7-13-22)28(35)24-17-16-23(31)20-27(24)33/h5-9,12-17,20H,10-11,18-19,21H2,1-4H3. The van der Waals surface area contributed by atoms with E-state index in [9.17, 15) is 9.59 Å². The number of unbranched alkanes of at least 4 members (excludes halogenated alkanes) is 1. The highest BCUT2D eigenvalue weighted by Gasteiger charge is 2.31. The average Bonchev–Trinajstić information content (AvgIpc) is 2.95. The lowest BCUT2D eigenvalue weighted by molar-refractivity contribution is 0.0296. The number of fused-ring (bicyclic) bond motifs is 2. The van der Waals surface area contributed by atoms with Gasteiger partial charge in [0.05, 0.1) is 29.2 Å². The number of nitrogens with zero attached hydrogens (tertiary/aromatic N) is 3. The molecule has 194 valence electrons. The van der Waals surface area contributed by atoms with Crippen LogP contribution in [0.15, 0.2) is 72.8 Å². The van der Waals surface area contributed by atoms with Crippen molar-refractivity contribution in [3.8, 4) is 0 Å². The van der Waals surface area contributed by atoms with E-state index in [1.165, 1.54) is 0 Å². The van der Waals surface area contributed by atoms with E-state index in [0.29, 0.717) is 30.2 Å². The Kier molecular flexibility index (Phi) is 8.08. The molecule has 0 saturated heterocycles. The highest BCUT2D eigenvalue weighted by molar-refractivity contribution is 6.31. The molecule has 0 atom stereocenters. The van der Waals surface area contributed by atoms with E-state index in [1.54, 1.807) is 18.0 Å². The Labute approximate surface area is 224 Å². The number of amides is 2. The van der Waals surface area contributed by atoms with Gasteiger partial charge in [-0.1, -0.05) is 54.1 Å². The Morgan fingerprint density at radius 2 is 1.54 bits per heavy atom. The van der Waals surface area contributed by atoms with Crippen molar-refractivity contribution >= 4 is 40.7 Å². The van der Waals surface area contributed by atoms with Crippen LogP contribution in [-0.2, 0) is 11.3 Å². The van der Waals surface area contributed by atoms with Crippen LogP contribution in [0.1, 0.15) is 49.5 Å². The minimum Gasteiger partial charge on any atom is -0.444 e. The first-order valence-electron chi connectivity index (χ1n) is 12.6. The molecule has 0 aliphatic carbocycles. The van der Waals surface area contributed by atoms with Gasteiger partial charge in [0.2, 0.25) is 0 Å². The Hall–Kier alpha value is -3.51. The van der Waals surface area contributed by atoms with Crippen molar-refractivity contribution in [1.82, 2.24) is 4.90 Å². The molecule has 7 heteroatoms. The molecule has 37 heavy (non-hydrogen) atoms. The summed E-state index contributed by atoms with van der Waals surface area (Å²) in [6.07, 6.45) is 1.26. The molecule has 0 fully saturated rings. The molecule has 3 aromatic carbocycles. The third kappa shape index (κ3) is 6.44. The second-order valence-electron chi connectivity index (χ2n) is 10.3. The molecule has 1 aliphatic heterocycles. The second-order valence-corrected chi connectivity index (χ2v) is 10.7. The molecular formula is C30H34ClN3O3. The molecule has 0 N–H and O–H groups in total. The van der Waals surface area contributed by atoms with Crippen LogP contribution in [-0.4, -0.2) is 42.6 Å². The van der Waals surface area contributed by atoms with E-state index >= 15 is 0 Å². The molecule has 6 nitrogen and oxygen atoms in total. The van der Waals surface area contributed by atoms with Crippen LogP contribution in [0, 0.1) is 0 Å². The van der Waals surface area contributed by atoms with Crippen molar-refractivity contribution in [2.45, 2.75) is 45.8 Å². The molecule has 2 amide bonds. The SMILES string of the molecule is CN(CCCCN1c2cc(Cl)ccc2C(=O)N(Cc2ccccc2)c2ccccc21)C(=O)OC(C)(C)C. The van der Waals surface area contributed by atoms with E-state index in [0.717, 1.165) is 35.5 Å². The number of ether oxygens (including phenoxy) is 1. The monoisotopic (exact) mass is 519 g/mol. The zero-order chi connectivity index (χ0) is 26.6. The molecular weight excluding hydrogens is 486 g/mol. The van der Waals surface area contributed by atoms with Crippen molar-refractivity contribution in [3.63, 3.8) is 0 Å². The Bertz CT molecular complexity index is 1260. The predicted octanol–water partition coefficient (Wildman–Crippen LogP) is 7.29. The van der Waals surface area contributed by atoms with Crippen molar-refractivity contribution in [3.05, 3.63) is 88.9 Å². The summed E-state index contributed by atoms with van der Waals surface area (Å²) in [7, 11) is 1.75. The third-order valence-electron chi connectivity index (χ3n) is 6.20. The van der Waals surface area contributed by atoms with Gasteiger partial charge in [0.1, 0.15) is 5.60 Å². The minimum atomic E-state index is -0.526. The summed E-state index contributed by atoms with van der Waals surface area (Å²) < 4.78 is 5.46. The topological polar surface area (TPSA) is 53.1 Å². The van der Waals surface area contributed by atoms with Gasteiger partial charge >= 0.3 is 6.09 Å². The predicted molar refractivity (Wildman–Crippen MR) is 150 cm³/mol. The van der Waals surface area contributed by atoms with Crippen molar-refractivity contribution in [2.75, 3.05) is 29.9 Å². The maximum Gasteiger partial charge on any atom is 0.410 e. The lowest BCUT2D eigenvalue weighted by atomic mass is 10.1. The largest absolute Gasteiger partial charge is 0.444 e. The zero-order valence-corrected chi connectivity index (χ0v) is 22.7. The minimum absolute atomic E-state index is 0.0601. The first-order valence-corrected chi connectivity index (χ1v) is 13.0. The summed E-state index contributed by atoms with van der Waals surface area (Å²) >= 11 is 6.42. The molecule has 1 aliphatic rings. The van der Waals surface area contributed by atoms with Gasteiger partial charge in [0, 0.05) is 25.2 Å². The first-order chi connectivity index (χ1) is 17.6. The van der Waals surface area contributed by atoms with Gasteiger partial charge in [-0.2, -0.15) is 0 Å². The number of rotatable bonds is 7. The quantitative estimate of drug-likeness (QED) is 0.308. The van der Waals surface area contributed by atoms with Gasteiger partial charge in [-0.05, 0) is 69.5 Å². The maximum absolute atomic E-state index is 13.9. The van der Waals surface area contributed by atoms with Crippen LogP contribution < -0.4 is 9.80 Å². The molecule has 0 unspecified atom stereocenters. The Morgan fingerprint density at radius 1 is 0.892 bits per heavy atom. The molecule has 3 aromatic rings. The van der Waals surface area contributed by atoms with E-state index in [4.69, 9.17) is 16.3 Å². The third-order valence-corrected chi connectivity index (χ3v) is 6.44. The van der Waals surface area contributed by atoms with Crippen LogP contribution in [0.25, 0.3) is 0 Å². The number of halogens is 1. The smallest absolute Gasteiger partial charge is 0.410 e. The van der Waals surface area contributed by atoms with Gasteiger partial charge in [-0.3, -0.25) is 4.79 Å². The van der Waals surface area contributed by atoms with Crippen molar-refractivity contribution in [1.29, 1.82) is 0 Å². The molecule has 0 radical (unpaired) electrons.